The third-order valence-corrected chi connectivity index (χ3v) is 3.14. The monoisotopic (exact) mass is 198 g/mol. The zero-order valence-electron chi connectivity index (χ0n) is 8.41. The molecule has 0 spiro atoms. The van der Waals surface area contributed by atoms with E-state index in [2.05, 4.69) is 5.32 Å². The molecule has 4 nitrogen and oxygen atoms in total. The Labute approximate surface area is 84.3 Å². The van der Waals surface area contributed by atoms with Crippen molar-refractivity contribution in [3.05, 3.63) is 0 Å². The van der Waals surface area contributed by atoms with Crippen molar-refractivity contribution in [2.75, 3.05) is 19.7 Å². The number of likely N-dealkylation sites (tertiary alicyclic amines) is 1. The van der Waals surface area contributed by atoms with Gasteiger partial charge in [-0.15, -0.1) is 0 Å². The quantitative estimate of drug-likeness (QED) is 0.656. The molecule has 2 bridgehead atoms. The van der Waals surface area contributed by atoms with Gasteiger partial charge < -0.3 is 15.3 Å². The minimum absolute atomic E-state index is 0.172. The number of hydrogen-bond acceptors (Lipinski definition) is 3. The lowest BCUT2D eigenvalue weighted by Crippen LogP contribution is -2.38. The first-order valence-corrected chi connectivity index (χ1v) is 5.44. The topological polar surface area (TPSA) is 52.6 Å². The van der Waals surface area contributed by atoms with Crippen LogP contribution in [0.2, 0.25) is 0 Å². The molecule has 80 valence electrons. The fraction of sp³-hybridized carbons (Fsp3) is 0.900. The van der Waals surface area contributed by atoms with Crippen molar-refractivity contribution in [1.82, 2.24) is 10.2 Å². The van der Waals surface area contributed by atoms with E-state index in [0.29, 0.717) is 31.5 Å². The highest BCUT2D eigenvalue weighted by Gasteiger charge is 2.32. The van der Waals surface area contributed by atoms with E-state index in [0.717, 1.165) is 13.0 Å². The molecular formula is C10H18N2O2. The highest BCUT2D eigenvalue weighted by molar-refractivity contribution is 5.77. The molecule has 0 radical (unpaired) electrons. The maximum Gasteiger partial charge on any atom is 0.224 e. The molecule has 2 saturated heterocycles. The first kappa shape index (κ1) is 9.93. The Hall–Kier alpha value is -0.610. The van der Waals surface area contributed by atoms with Gasteiger partial charge in [-0.05, 0) is 19.3 Å². The van der Waals surface area contributed by atoms with Crippen LogP contribution in [-0.4, -0.2) is 47.7 Å². The number of hydrogen-bond donors (Lipinski definition) is 2. The van der Waals surface area contributed by atoms with E-state index in [-0.39, 0.29) is 12.5 Å². The summed E-state index contributed by atoms with van der Waals surface area (Å²) in [6.07, 6.45) is 3.67. The van der Waals surface area contributed by atoms with Crippen LogP contribution in [0, 0.1) is 0 Å². The molecule has 0 aliphatic carbocycles. The molecule has 0 aromatic heterocycles. The van der Waals surface area contributed by atoms with E-state index in [4.69, 9.17) is 5.11 Å². The van der Waals surface area contributed by atoms with Crippen molar-refractivity contribution in [3.8, 4) is 0 Å². The van der Waals surface area contributed by atoms with Crippen LogP contribution >= 0.6 is 0 Å². The predicted octanol–water partition coefficient (Wildman–Crippen LogP) is -0.278. The van der Waals surface area contributed by atoms with Gasteiger partial charge >= 0.3 is 0 Å². The van der Waals surface area contributed by atoms with Gasteiger partial charge in [-0.25, -0.2) is 0 Å². The van der Waals surface area contributed by atoms with E-state index in [1.165, 1.54) is 6.42 Å². The molecule has 2 heterocycles. The van der Waals surface area contributed by atoms with Gasteiger partial charge in [0.2, 0.25) is 5.91 Å². The highest BCUT2D eigenvalue weighted by atomic mass is 16.3. The summed E-state index contributed by atoms with van der Waals surface area (Å²) in [7, 11) is 0. The van der Waals surface area contributed by atoms with Crippen LogP contribution in [0.5, 0.6) is 0 Å². The first-order chi connectivity index (χ1) is 6.79. The zero-order chi connectivity index (χ0) is 9.97. The lowest BCUT2D eigenvalue weighted by Gasteiger charge is -2.23. The van der Waals surface area contributed by atoms with Crippen LogP contribution in [0.1, 0.15) is 25.7 Å². The van der Waals surface area contributed by atoms with Crippen LogP contribution < -0.4 is 5.32 Å². The SMILES string of the molecule is O=C1CC2CCC(CN1CCCO)N2. The minimum atomic E-state index is 0.172. The molecule has 2 aliphatic rings. The van der Waals surface area contributed by atoms with Gasteiger partial charge in [0.05, 0.1) is 0 Å². The second-order valence-electron chi connectivity index (χ2n) is 4.26. The molecule has 0 aromatic carbocycles. The Kier molecular flexibility index (Phi) is 3.03. The van der Waals surface area contributed by atoms with Gasteiger partial charge in [0.15, 0.2) is 0 Å². The van der Waals surface area contributed by atoms with Crippen molar-refractivity contribution < 1.29 is 9.90 Å². The standard InChI is InChI=1S/C10H18N2O2/c13-5-1-4-12-7-9-3-2-8(11-9)6-10(12)14/h8-9,11,13H,1-7H2. The summed E-state index contributed by atoms with van der Waals surface area (Å²) in [6.45, 7) is 1.71. The number of amides is 1. The lowest BCUT2D eigenvalue weighted by molar-refractivity contribution is -0.131. The average molecular weight is 198 g/mol. The van der Waals surface area contributed by atoms with Crippen molar-refractivity contribution in [2.24, 2.45) is 0 Å². The van der Waals surface area contributed by atoms with E-state index >= 15 is 0 Å². The van der Waals surface area contributed by atoms with Crippen molar-refractivity contribution in [3.63, 3.8) is 0 Å². The Bertz CT molecular complexity index is 220. The minimum Gasteiger partial charge on any atom is -0.396 e. The Balaban J connectivity index is 1.93. The summed E-state index contributed by atoms with van der Waals surface area (Å²) in [5, 5.41) is 12.2. The highest BCUT2D eigenvalue weighted by Crippen LogP contribution is 2.21. The van der Waals surface area contributed by atoms with E-state index in [1.54, 1.807) is 0 Å². The van der Waals surface area contributed by atoms with Crippen molar-refractivity contribution >= 4 is 5.91 Å². The fourth-order valence-electron chi connectivity index (χ4n) is 2.39. The van der Waals surface area contributed by atoms with Gasteiger partial charge in [0.25, 0.3) is 0 Å². The third-order valence-electron chi connectivity index (χ3n) is 3.14. The van der Waals surface area contributed by atoms with E-state index in [9.17, 15) is 4.79 Å². The molecule has 2 aliphatic heterocycles. The molecule has 2 rings (SSSR count). The van der Waals surface area contributed by atoms with Gasteiger partial charge in [-0.1, -0.05) is 0 Å². The summed E-state index contributed by atoms with van der Waals surface area (Å²) >= 11 is 0. The van der Waals surface area contributed by atoms with Crippen molar-refractivity contribution in [1.29, 1.82) is 0 Å². The molecule has 14 heavy (non-hydrogen) atoms. The Morgan fingerprint density at radius 3 is 3.00 bits per heavy atom. The Morgan fingerprint density at radius 2 is 2.21 bits per heavy atom. The number of aliphatic hydroxyl groups is 1. The zero-order valence-corrected chi connectivity index (χ0v) is 8.41. The van der Waals surface area contributed by atoms with Crippen LogP contribution in [-0.2, 0) is 4.79 Å². The van der Waals surface area contributed by atoms with Crippen molar-refractivity contribution in [2.45, 2.75) is 37.8 Å². The molecule has 2 fully saturated rings. The largest absolute Gasteiger partial charge is 0.396 e. The van der Waals surface area contributed by atoms with Gasteiger partial charge in [-0.3, -0.25) is 4.79 Å². The van der Waals surface area contributed by atoms with Crippen LogP contribution in [0.4, 0.5) is 0 Å². The van der Waals surface area contributed by atoms with E-state index < -0.39 is 0 Å². The third kappa shape index (κ3) is 2.07. The van der Waals surface area contributed by atoms with Gasteiger partial charge in [-0.2, -0.15) is 0 Å². The van der Waals surface area contributed by atoms with Gasteiger partial charge in [0.1, 0.15) is 0 Å². The number of aliphatic hydroxyl groups excluding tert-OH is 1. The number of rotatable bonds is 3. The number of carbonyl (C=O) groups is 1. The summed E-state index contributed by atoms with van der Waals surface area (Å²) in [5.74, 6) is 0.248. The van der Waals surface area contributed by atoms with E-state index in [1.807, 2.05) is 4.90 Å². The fourth-order valence-corrected chi connectivity index (χ4v) is 2.39. The molecule has 2 atom stereocenters. The maximum atomic E-state index is 11.7. The second-order valence-corrected chi connectivity index (χ2v) is 4.26. The second kappa shape index (κ2) is 4.28. The maximum absolute atomic E-state index is 11.7. The van der Waals surface area contributed by atoms with Crippen LogP contribution in [0.25, 0.3) is 0 Å². The first-order valence-electron chi connectivity index (χ1n) is 5.44. The summed E-state index contributed by atoms with van der Waals surface area (Å²) < 4.78 is 0. The molecular weight excluding hydrogens is 180 g/mol. The molecule has 0 aromatic rings. The summed E-state index contributed by atoms with van der Waals surface area (Å²) in [4.78, 5) is 13.6. The smallest absolute Gasteiger partial charge is 0.224 e. The van der Waals surface area contributed by atoms with Gasteiger partial charge in [0, 0.05) is 38.2 Å². The summed E-state index contributed by atoms with van der Waals surface area (Å²) in [5.41, 5.74) is 0. The number of fused-ring (bicyclic) bond motifs is 2. The van der Waals surface area contributed by atoms with Crippen LogP contribution in [0.15, 0.2) is 0 Å². The average Bonchev–Trinajstić information content (AvgIpc) is 2.52. The molecule has 4 heteroatoms. The Morgan fingerprint density at radius 1 is 1.43 bits per heavy atom. The molecule has 0 saturated carbocycles. The lowest BCUT2D eigenvalue weighted by atomic mass is 10.1. The predicted molar refractivity (Wildman–Crippen MR) is 52.8 cm³/mol. The number of nitrogens with one attached hydrogen (secondary N) is 1. The molecule has 2 unspecified atom stereocenters. The van der Waals surface area contributed by atoms with Crippen LogP contribution in [0.3, 0.4) is 0 Å². The normalized spacial score (nSPS) is 32.1. The number of nitrogens with zero attached hydrogens (tertiary/aromatic N) is 1. The summed E-state index contributed by atoms with van der Waals surface area (Å²) in [6, 6.07) is 0.900. The molecule has 2 N–H and O–H groups in total. The molecule has 1 amide bonds. The number of carbonyl (C=O) groups excluding carboxylic acids is 1.